The maximum Gasteiger partial charge on any atom is 0.227 e. The van der Waals surface area contributed by atoms with Gasteiger partial charge in [-0.1, -0.05) is 43.0 Å². The summed E-state index contributed by atoms with van der Waals surface area (Å²) in [7, 11) is 0. The summed E-state index contributed by atoms with van der Waals surface area (Å²) >= 11 is 5.31. The third kappa shape index (κ3) is 5.47. The number of carbonyl (C=O) groups is 1. The van der Waals surface area contributed by atoms with E-state index in [2.05, 4.69) is 52.2 Å². The van der Waals surface area contributed by atoms with E-state index >= 15 is 0 Å². The van der Waals surface area contributed by atoms with Gasteiger partial charge in [-0.2, -0.15) is 4.98 Å². The molecule has 0 fully saturated rings. The Kier molecular flexibility index (Phi) is 8.41. The van der Waals surface area contributed by atoms with E-state index in [4.69, 9.17) is 14.6 Å². The second kappa shape index (κ2) is 11.5. The molecule has 36 heavy (non-hydrogen) atoms. The van der Waals surface area contributed by atoms with Gasteiger partial charge >= 0.3 is 0 Å². The molecular formula is C27H31BrN4O3S. The van der Waals surface area contributed by atoms with Crippen molar-refractivity contribution in [2.45, 2.75) is 58.8 Å². The first-order valence-corrected chi connectivity index (χ1v) is 13.8. The molecule has 0 radical (unpaired) electrons. The van der Waals surface area contributed by atoms with E-state index in [1.807, 2.05) is 38.1 Å². The summed E-state index contributed by atoms with van der Waals surface area (Å²) in [5, 5.41) is 8.71. The molecule has 1 N–H and O–H groups in total. The fraction of sp³-hybridized carbons (Fsp3) is 0.370. The van der Waals surface area contributed by atoms with Crippen molar-refractivity contribution >= 4 is 39.4 Å². The number of Topliss-reactive ketones (excluding diaryl/α,β-unsaturated/α-hetero) is 1. The Morgan fingerprint density at radius 2 is 1.97 bits per heavy atom. The average Bonchev–Trinajstić information content (AvgIpc) is 3.24. The molecule has 3 aromatic rings. The second-order valence-electron chi connectivity index (χ2n) is 8.61. The minimum Gasteiger partial charge on any atom is -0.490 e. The number of ketones is 1. The summed E-state index contributed by atoms with van der Waals surface area (Å²) in [6.45, 7) is 10.5. The SMILES string of the molecule is CCCSc1nc2n(n1)C(c1cc(Br)c(OCc3ccccc3C)c(OCC)c1)C(C(C)=O)=C(C)N2. The zero-order valence-corrected chi connectivity index (χ0v) is 23.6. The molecule has 1 aromatic heterocycles. The van der Waals surface area contributed by atoms with E-state index < -0.39 is 6.04 Å². The average molecular weight is 572 g/mol. The van der Waals surface area contributed by atoms with Crippen LogP contribution in [0.25, 0.3) is 0 Å². The molecule has 1 atom stereocenters. The molecule has 0 bridgehead atoms. The summed E-state index contributed by atoms with van der Waals surface area (Å²) in [5.41, 5.74) is 4.55. The molecule has 2 heterocycles. The number of hydrogen-bond acceptors (Lipinski definition) is 7. The van der Waals surface area contributed by atoms with Crippen LogP contribution < -0.4 is 14.8 Å². The van der Waals surface area contributed by atoms with Crippen LogP contribution in [0.1, 0.15) is 56.8 Å². The van der Waals surface area contributed by atoms with E-state index in [0.29, 0.717) is 41.4 Å². The molecule has 0 saturated carbocycles. The topological polar surface area (TPSA) is 78.3 Å². The van der Waals surface area contributed by atoms with E-state index in [-0.39, 0.29) is 5.78 Å². The highest BCUT2D eigenvalue weighted by molar-refractivity contribution is 9.10. The van der Waals surface area contributed by atoms with Gasteiger partial charge in [0, 0.05) is 17.0 Å². The number of nitrogens with zero attached hydrogens (tertiary/aromatic N) is 3. The Labute approximate surface area is 224 Å². The summed E-state index contributed by atoms with van der Waals surface area (Å²) in [6.07, 6.45) is 1.02. The molecule has 0 saturated heterocycles. The van der Waals surface area contributed by atoms with Crippen molar-refractivity contribution in [1.29, 1.82) is 0 Å². The fourth-order valence-corrected chi connectivity index (χ4v) is 5.48. The quantitative estimate of drug-likeness (QED) is 0.271. The largest absolute Gasteiger partial charge is 0.490 e. The van der Waals surface area contributed by atoms with Gasteiger partial charge in [0.25, 0.3) is 0 Å². The van der Waals surface area contributed by atoms with Crippen LogP contribution in [0.2, 0.25) is 0 Å². The summed E-state index contributed by atoms with van der Waals surface area (Å²) in [5.74, 6) is 2.75. The van der Waals surface area contributed by atoms with E-state index in [1.165, 1.54) is 5.56 Å². The molecule has 0 aliphatic carbocycles. The lowest BCUT2D eigenvalue weighted by molar-refractivity contribution is -0.114. The van der Waals surface area contributed by atoms with Gasteiger partial charge in [-0.05, 0) is 78.9 Å². The number of rotatable bonds is 10. The zero-order valence-electron chi connectivity index (χ0n) is 21.2. The maximum absolute atomic E-state index is 12.8. The molecule has 4 rings (SSSR count). The number of aryl methyl sites for hydroxylation is 1. The molecule has 7 nitrogen and oxygen atoms in total. The number of ether oxygens (including phenoxy) is 2. The Morgan fingerprint density at radius 1 is 1.19 bits per heavy atom. The smallest absolute Gasteiger partial charge is 0.227 e. The van der Waals surface area contributed by atoms with Gasteiger partial charge in [-0.25, -0.2) is 4.68 Å². The summed E-state index contributed by atoms with van der Waals surface area (Å²) in [6, 6.07) is 11.6. The van der Waals surface area contributed by atoms with Gasteiger partial charge in [-0.3, -0.25) is 4.79 Å². The molecule has 1 aliphatic rings. The van der Waals surface area contributed by atoms with Gasteiger partial charge < -0.3 is 14.8 Å². The summed E-state index contributed by atoms with van der Waals surface area (Å²) < 4.78 is 14.8. The fourth-order valence-electron chi connectivity index (χ4n) is 4.22. The first kappa shape index (κ1) is 26.3. The standard InChI is InChI=1S/C27H31BrN4O3S/c1-6-12-36-27-30-26-29-17(4)23(18(5)33)24(32(26)31-27)20-13-21(28)25(22(14-20)34-7-2)35-15-19-11-9-8-10-16(19)3/h8-11,13-14,24H,6-7,12,15H2,1-5H3,(H,29,30,31). The van der Waals surface area contributed by atoms with Gasteiger partial charge in [0.2, 0.25) is 11.1 Å². The number of fused-ring (bicyclic) bond motifs is 1. The van der Waals surface area contributed by atoms with Crippen molar-refractivity contribution in [2.75, 3.05) is 17.7 Å². The molecule has 1 aliphatic heterocycles. The lowest BCUT2D eigenvalue weighted by Gasteiger charge is -2.29. The van der Waals surface area contributed by atoms with Gasteiger partial charge in [-0.15, -0.1) is 5.10 Å². The third-order valence-electron chi connectivity index (χ3n) is 5.93. The molecule has 2 aromatic carbocycles. The molecule has 0 amide bonds. The minimum atomic E-state index is -0.442. The Hall–Kier alpha value is -2.78. The highest BCUT2D eigenvalue weighted by Crippen LogP contribution is 2.43. The Balaban J connectivity index is 1.76. The van der Waals surface area contributed by atoms with Crippen LogP contribution in [0, 0.1) is 6.92 Å². The number of nitrogens with one attached hydrogen (secondary N) is 1. The molecule has 1 unspecified atom stereocenters. The van der Waals surface area contributed by atoms with Crippen LogP contribution >= 0.6 is 27.7 Å². The highest BCUT2D eigenvalue weighted by atomic mass is 79.9. The normalized spacial score (nSPS) is 14.9. The number of benzene rings is 2. The lowest BCUT2D eigenvalue weighted by atomic mass is 9.93. The van der Waals surface area contributed by atoms with Crippen molar-refractivity contribution in [3.63, 3.8) is 0 Å². The van der Waals surface area contributed by atoms with E-state index in [0.717, 1.165) is 33.5 Å². The molecule has 190 valence electrons. The third-order valence-corrected chi connectivity index (χ3v) is 7.56. The number of anilines is 1. The monoisotopic (exact) mass is 570 g/mol. The van der Waals surface area contributed by atoms with Crippen LogP contribution in [0.5, 0.6) is 11.5 Å². The van der Waals surface area contributed by atoms with Crippen molar-refractivity contribution in [3.8, 4) is 11.5 Å². The van der Waals surface area contributed by atoms with Crippen molar-refractivity contribution in [2.24, 2.45) is 0 Å². The van der Waals surface area contributed by atoms with Crippen LogP contribution in [0.4, 0.5) is 5.95 Å². The maximum atomic E-state index is 12.8. The number of hydrogen-bond donors (Lipinski definition) is 1. The first-order chi connectivity index (χ1) is 17.3. The minimum absolute atomic E-state index is 0.0251. The lowest BCUT2D eigenvalue weighted by Crippen LogP contribution is -2.28. The number of aromatic nitrogens is 3. The van der Waals surface area contributed by atoms with Gasteiger partial charge in [0.15, 0.2) is 17.3 Å². The number of allylic oxidation sites excluding steroid dienone is 2. The molecule has 0 spiro atoms. The Morgan fingerprint density at radius 3 is 2.67 bits per heavy atom. The summed E-state index contributed by atoms with van der Waals surface area (Å²) in [4.78, 5) is 17.5. The number of thioether (sulfide) groups is 1. The predicted octanol–water partition coefficient (Wildman–Crippen LogP) is 6.71. The molecular weight excluding hydrogens is 540 g/mol. The van der Waals surface area contributed by atoms with E-state index in [1.54, 1.807) is 23.4 Å². The van der Waals surface area contributed by atoms with Crippen molar-refractivity contribution in [1.82, 2.24) is 14.8 Å². The highest BCUT2D eigenvalue weighted by Gasteiger charge is 2.34. The number of carbonyl (C=O) groups excluding carboxylic acids is 1. The van der Waals surface area contributed by atoms with Crippen LogP contribution in [0.15, 0.2) is 57.3 Å². The van der Waals surface area contributed by atoms with Crippen LogP contribution in [-0.2, 0) is 11.4 Å². The second-order valence-corrected chi connectivity index (χ2v) is 10.5. The van der Waals surface area contributed by atoms with E-state index in [9.17, 15) is 4.79 Å². The van der Waals surface area contributed by atoms with Gasteiger partial charge in [0.05, 0.1) is 11.1 Å². The number of halogens is 1. The molecule has 9 heteroatoms. The van der Waals surface area contributed by atoms with Crippen LogP contribution in [-0.4, -0.2) is 32.9 Å². The predicted molar refractivity (Wildman–Crippen MR) is 147 cm³/mol. The van der Waals surface area contributed by atoms with Gasteiger partial charge in [0.1, 0.15) is 12.6 Å². The zero-order chi connectivity index (χ0) is 25.8. The van der Waals surface area contributed by atoms with Crippen LogP contribution in [0.3, 0.4) is 0 Å². The van der Waals surface area contributed by atoms with Crippen molar-refractivity contribution in [3.05, 3.63) is 68.8 Å². The van der Waals surface area contributed by atoms with Crippen molar-refractivity contribution < 1.29 is 14.3 Å². The Bertz CT molecular complexity index is 1300. The first-order valence-electron chi connectivity index (χ1n) is 12.1.